The Morgan fingerprint density at radius 1 is 1.00 bits per heavy atom. The molecule has 2 saturated carbocycles. The molecule has 5 amide bonds. The lowest BCUT2D eigenvalue weighted by Crippen LogP contribution is -2.61. The second-order valence-corrected chi connectivity index (χ2v) is 13.5. The minimum Gasteiger partial charge on any atom is -0.363 e. The number of nitrogens with zero attached hydrogens (tertiary/aromatic N) is 1. The maximum atomic E-state index is 13.7. The summed E-state index contributed by atoms with van der Waals surface area (Å²) in [6, 6.07) is -3.26. The lowest BCUT2D eigenvalue weighted by molar-refractivity contribution is -0.142. The van der Waals surface area contributed by atoms with Crippen LogP contribution in [0.4, 0.5) is 13.6 Å². The van der Waals surface area contributed by atoms with Crippen LogP contribution >= 0.6 is 0 Å². The number of urea groups is 1. The lowest BCUT2D eigenvalue weighted by atomic mass is 9.83. The lowest BCUT2D eigenvalue weighted by Gasteiger charge is -2.38. The molecule has 0 radical (unpaired) electrons. The molecule has 0 aromatic rings. The van der Waals surface area contributed by atoms with Gasteiger partial charge in [-0.1, -0.05) is 60.3 Å². The number of Topliss-reactive ketones (excluding diaryl/α,β-unsaturated/α-hetero) is 1. The molecule has 0 spiro atoms. The van der Waals surface area contributed by atoms with Crippen LogP contribution in [-0.4, -0.2) is 70.6 Å². The quantitative estimate of drug-likeness (QED) is 0.282. The minimum atomic E-state index is -2.87. The molecular formula is C30H51F2N5O5. The van der Waals surface area contributed by atoms with Crippen LogP contribution in [-0.2, 0) is 19.2 Å². The number of alkyl halides is 2. The first-order chi connectivity index (χ1) is 19.4. The van der Waals surface area contributed by atoms with Gasteiger partial charge in [-0.15, -0.1) is 0 Å². The van der Waals surface area contributed by atoms with E-state index in [2.05, 4.69) is 29.8 Å². The molecule has 0 aromatic carbocycles. The summed E-state index contributed by atoms with van der Waals surface area (Å²) in [5, 5.41) is 8.49. The molecule has 1 aliphatic heterocycles. The molecule has 3 aliphatic rings. The Hall–Kier alpha value is -2.79. The van der Waals surface area contributed by atoms with E-state index in [0.717, 1.165) is 32.1 Å². The van der Waals surface area contributed by atoms with Gasteiger partial charge in [-0.3, -0.25) is 19.2 Å². The number of carbonyl (C=O) groups is 5. The first-order valence-corrected chi connectivity index (χ1v) is 15.3. The predicted octanol–water partition coefficient (Wildman–Crippen LogP) is 3.81. The van der Waals surface area contributed by atoms with Gasteiger partial charge in [0.2, 0.25) is 17.6 Å². The number of nitrogens with one attached hydrogen (secondary N) is 3. The molecule has 42 heavy (non-hydrogen) atoms. The Bertz CT molecular complexity index is 993. The summed E-state index contributed by atoms with van der Waals surface area (Å²) in [5.41, 5.74) is 4.02. The highest BCUT2D eigenvalue weighted by Crippen LogP contribution is 2.51. The molecule has 0 bridgehead atoms. The van der Waals surface area contributed by atoms with Crippen molar-refractivity contribution in [1.82, 2.24) is 20.9 Å². The number of primary amides is 1. The van der Waals surface area contributed by atoms with E-state index in [1.807, 2.05) is 27.7 Å². The van der Waals surface area contributed by atoms with Crippen molar-refractivity contribution in [1.29, 1.82) is 0 Å². The minimum absolute atomic E-state index is 0.177. The Kier molecular flexibility index (Phi) is 12.3. The number of amides is 5. The van der Waals surface area contributed by atoms with Crippen LogP contribution in [0.15, 0.2) is 0 Å². The highest BCUT2D eigenvalue weighted by Gasteiger charge is 2.57. The summed E-state index contributed by atoms with van der Waals surface area (Å²) in [6.07, 6.45) is 6.00. The molecule has 12 heteroatoms. The van der Waals surface area contributed by atoms with Gasteiger partial charge in [-0.2, -0.15) is 0 Å². The van der Waals surface area contributed by atoms with E-state index in [1.165, 1.54) is 11.3 Å². The number of carbonyl (C=O) groups excluding carboxylic acids is 5. The third-order valence-electron chi connectivity index (χ3n) is 8.18. The largest absolute Gasteiger partial charge is 0.363 e. The second-order valence-electron chi connectivity index (χ2n) is 13.5. The van der Waals surface area contributed by atoms with Gasteiger partial charge in [0.15, 0.2) is 0 Å². The van der Waals surface area contributed by atoms with Gasteiger partial charge in [0, 0.05) is 36.9 Å². The molecule has 0 aromatic heterocycles. The number of nitrogens with two attached hydrogens (primary N) is 1. The van der Waals surface area contributed by atoms with Crippen LogP contribution < -0.4 is 21.7 Å². The number of halogens is 2. The normalized spacial score (nSPS) is 23.9. The summed E-state index contributed by atoms with van der Waals surface area (Å²) >= 11 is 0. The van der Waals surface area contributed by atoms with Crippen molar-refractivity contribution < 1.29 is 32.8 Å². The molecule has 3 rings (SSSR count). The van der Waals surface area contributed by atoms with Crippen molar-refractivity contribution in [3.8, 4) is 0 Å². The van der Waals surface area contributed by atoms with Gasteiger partial charge in [-0.25, -0.2) is 13.6 Å². The summed E-state index contributed by atoms with van der Waals surface area (Å²) in [4.78, 5) is 64.6. The monoisotopic (exact) mass is 599 g/mol. The smallest absolute Gasteiger partial charge is 0.315 e. The van der Waals surface area contributed by atoms with Gasteiger partial charge >= 0.3 is 6.03 Å². The molecule has 240 valence electrons. The van der Waals surface area contributed by atoms with E-state index in [-0.39, 0.29) is 24.9 Å². The molecule has 4 atom stereocenters. The first kappa shape index (κ1) is 35.4. The van der Waals surface area contributed by atoms with Crippen LogP contribution in [0.1, 0.15) is 112 Å². The highest BCUT2D eigenvalue weighted by molar-refractivity contribution is 6.35. The molecular weight excluding hydrogens is 548 g/mol. The Morgan fingerprint density at radius 3 is 2.07 bits per heavy atom. The van der Waals surface area contributed by atoms with Gasteiger partial charge in [-0.05, 0) is 44.4 Å². The second kappa shape index (κ2) is 14.6. The maximum Gasteiger partial charge on any atom is 0.315 e. The molecule has 4 unspecified atom stereocenters. The van der Waals surface area contributed by atoms with Crippen molar-refractivity contribution >= 4 is 29.5 Å². The fourth-order valence-electron chi connectivity index (χ4n) is 5.70. The zero-order valence-electron chi connectivity index (χ0n) is 26.1. The van der Waals surface area contributed by atoms with Gasteiger partial charge < -0.3 is 26.6 Å². The Balaban J connectivity index is 0.00000197. The number of ketones is 1. The van der Waals surface area contributed by atoms with Crippen molar-refractivity contribution in [2.75, 3.05) is 6.54 Å². The summed E-state index contributed by atoms with van der Waals surface area (Å²) in [6.45, 7) is 12.0. The first-order valence-electron chi connectivity index (χ1n) is 15.3. The van der Waals surface area contributed by atoms with Crippen molar-refractivity contribution in [2.45, 2.75) is 142 Å². The van der Waals surface area contributed by atoms with E-state index in [9.17, 15) is 32.8 Å². The third-order valence-corrected chi connectivity index (χ3v) is 8.18. The highest BCUT2D eigenvalue weighted by atomic mass is 19.3. The van der Waals surface area contributed by atoms with E-state index >= 15 is 0 Å². The Labute approximate surface area is 248 Å². The van der Waals surface area contributed by atoms with E-state index in [4.69, 9.17) is 5.73 Å². The summed E-state index contributed by atoms with van der Waals surface area (Å²) < 4.78 is 27.1. The van der Waals surface area contributed by atoms with Gasteiger partial charge in [0.05, 0.1) is 0 Å². The zero-order chi connectivity index (χ0) is 31.9. The van der Waals surface area contributed by atoms with Crippen LogP contribution in [0.2, 0.25) is 0 Å². The summed E-state index contributed by atoms with van der Waals surface area (Å²) in [5.74, 6) is -7.02. The van der Waals surface area contributed by atoms with Crippen LogP contribution in [0.5, 0.6) is 0 Å². The average molecular weight is 600 g/mol. The standard InChI is InChI=1S/C27H43F2N5O5.C3H8/c1-25(2,3)20(32-24(39)33-26(4)10-6-5-7-11-26)23(38)34-12-8-9-18(34)22(37)31-17(14-19(35)21(30)36)13-16-15-27(16,28)29;1-3-2/h16-18,20H,5-15H2,1-4H3,(H2,30,36)(H,31,37)(H2,32,33,39);3H2,1-2H3. The molecule has 10 nitrogen and oxygen atoms in total. The number of hydrogen-bond acceptors (Lipinski definition) is 5. The fourth-order valence-corrected chi connectivity index (χ4v) is 5.70. The van der Waals surface area contributed by atoms with E-state index < -0.39 is 71.3 Å². The molecule has 1 heterocycles. The van der Waals surface area contributed by atoms with Crippen molar-refractivity contribution in [3.05, 3.63) is 0 Å². The van der Waals surface area contributed by atoms with Crippen LogP contribution in [0, 0.1) is 11.3 Å². The van der Waals surface area contributed by atoms with E-state index in [1.54, 1.807) is 0 Å². The molecule has 1 saturated heterocycles. The topological polar surface area (TPSA) is 151 Å². The van der Waals surface area contributed by atoms with Gasteiger partial charge in [0.1, 0.15) is 12.1 Å². The molecule has 2 aliphatic carbocycles. The predicted molar refractivity (Wildman–Crippen MR) is 156 cm³/mol. The summed E-state index contributed by atoms with van der Waals surface area (Å²) in [7, 11) is 0. The maximum absolute atomic E-state index is 13.7. The zero-order valence-corrected chi connectivity index (χ0v) is 26.1. The van der Waals surface area contributed by atoms with Crippen LogP contribution in [0.3, 0.4) is 0 Å². The Morgan fingerprint density at radius 2 is 1.57 bits per heavy atom. The van der Waals surface area contributed by atoms with E-state index in [0.29, 0.717) is 12.8 Å². The fraction of sp³-hybridized carbons (Fsp3) is 0.833. The van der Waals surface area contributed by atoms with Crippen LogP contribution in [0.25, 0.3) is 0 Å². The van der Waals surface area contributed by atoms with Crippen molar-refractivity contribution in [3.63, 3.8) is 0 Å². The number of rotatable bonds is 10. The van der Waals surface area contributed by atoms with Crippen molar-refractivity contribution in [2.24, 2.45) is 17.1 Å². The average Bonchev–Trinajstić information content (AvgIpc) is 3.24. The molecule has 5 N–H and O–H groups in total. The van der Waals surface area contributed by atoms with Gasteiger partial charge in [0.25, 0.3) is 11.8 Å². The number of hydrogen-bond donors (Lipinski definition) is 4. The third kappa shape index (κ3) is 10.2. The number of likely N-dealkylation sites (tertiary alicyclic amines) is 1. The SMILES string of the molecule is CC1(NC(=O)NC(C(=O)N2CCCC2C(=O)NC(CC(=O)C(N)=O)CC2CC2(F)F)C(C)(C)C)CCCCC1.CCC. The molecule has 3 fully saturated rings.